The van der Waals surface area contributed by atoms with E-state index in [2.05, 4.69) is 6.92 Å². The quantitative estimate of drug-likeness (QED) is 0.747. The summed E-state index contributed by atoms with van der Waals surface area (Å²) < 4.78 is 5.54. The van der Waals surface area contributed by atoms with Crippen LogP contribution in [0, 0.1) is 0 Å². The normalized spacial score (nSPS) is 10.2. The first-order valence-electron chi connectivity index (χ1n) is 4.15. The van der Waals surface area contributed by atoms with Gasteiger partial charge in [0, 0.05) is 4.90 Å². The van der Waals surface area contributed by atoms with Crippen molar-refractivity contribution in [2.24, 2.45) is 0 Å². The van der Waals surface area contributed by atoms with Gasteiger partial charge in [0.1, 0.15) is 5.75 Å². The molecule has 0 radical (unpaired) electrons. The van der Waals surface area contributed by atoms with Crippen LogP contribution in [0.5, 0.6) is 5.75 Å². The summed E-state index contributed by atoms with van der Waals surface area (Å²) in [6, 6.07) is 5.73. The van der Waals surface area contributed by atoms with Crippen LogP contribution in [0.15, 0.2) is 28.0 Å². The molecule has 5 heteroatoms. The lowest BCUT2D eigenvalue weighted by atomic mass is 10.3. The van der Waals surface area contributed by atoms with Crippen molar-refractivity contribution in [3.63, 3.8) is 0 Å². The third-order valence-electron chi connectivity index (χ3n) is 1.55. The van der Waals surface area contributed by atoms with Crippen molar-refractivity contribution in [3.8, 4) is 5.75 Å². The van der Waals surface area contributed by atoms with Gasteiger partial charge in [-0.05, 0) is 67.9 Å². The fraction of sp³-hybridized carbons (Fsp3) is 0.333. The summed E-state index contributed by atoms with van der Waals surface area (Å²) >= 11 is 0. The minimum atomic E-state index is 0.695. The van der Waals surface area contributed by atoms with E-state index in [1.165, 1.54) is 11.0 Å². The zero-order chi connectivity index (χ0) is 10.4. The molecule has 78 valence electrons. The zero-order valence-corrected chi connectivity index (χ0v) is 10.8. The van der Waals surface area contributed by atoms with Crippen molar-refractivity contribution in [3.05, 3.63) is 18.2 Å². The van der Waals surface area contributed by atoms with Crippen molar-refractivity contribution >= 4 is 43.3 Å². The molecule has 0 saturated heterocycles. The number of rotatable bonds is 5. The lowest BCUT2D eigenvalue weighted by Gasteiger charge is -2.08. The van der Waals surface area contributed by atoms with Crippen LogP contribution in [-0.4, -0.2) is 6.61 Å². The van der Waals surface area contributed by atoms with Crippen molar-refractivity contribution in [2.75, 3.05) is 6.61 Å². The summed E-state index contributed by atoms with van der Waals surface area (Å²) in [5, 5.41) is 0. The van der Waals surface area contributed by atoms with Crippen LogP contribution < -0.4 is 4.74 Å². The van der Waals surface area contributed by atoms with Gasteiger partial charge in [0.2, 0.25) is 0 Å². The predicted octanol–water partition coefficient (Wildman–Crippen LogP) is 4.97. The van der Waals surface area contributed by atoms with E-state index in [4.69, 9.17) is 26.1 Å². The third-order valence-corrected chi connectivity index (χ3v) is 3.52. The van der Waals surface area contributed by atoms with Crippen LogP contribution in [0.25, 0.3) is 0 Å². The molecule has 0 atom stereocenters. The molecule has 0 aliphatic heterocycles. The molecule has 0 heterocycles. The second kappa shape index (κ2) is 6.72. The van der Waals surface area contributed by atoms with Crippen molar-refractivity contribution in [1.82, 2.24) is 0 Å². The first-order valence-corrected chi connectivity index (χ1v) is 7.44. The monoisotopic (exact) mass is 268 g/mol. The van der Waals surface area contributed by atoms with Gasteiger partial charge in [0.25, 0.3) is 0 Å². The van der Waals surface area contributed by atoms with Gasteiger partial charge in [-0.1, -0.05) is 6.92 Å². The molecule has 14 heavy (non-hydrogen) atoms. The molecule has 0 saturated carbocycles. The topological polar surface area (TPSA) is 9.23 Å². The molecule has 1 nitrogen and oxygen atoms in total. The zero-order valence-electron chi connectivity index (χ0n) is 7.63. The summed E-state index contributed by atoms with van der Waals surface area (Å²) in [6.07, 6.45) is 0.977. The van der Waals surface area contributed by atoms with Gasteiger partial charge in [-0.25, -0.2) is 0 Å². The molecular formula is C9H10Cl2OS2. The minimum Gasteiger partial charge on any atom is -0.492 e. The van der Waals surface area contributed by atoms with E-state index >= 15 is 0 Å². The molecule has 0 N–H and O–H groups in total. The molecule has 0 aromatic heterocycles. The molecule has 1 aromatic rings. The van der Waals surface area contributed by atoms with E-state index in [1.807, 2.05) is 18.2 Å². The molecule has 0 aliphatic carbocycles. The van der Waals surface area contributed by atoms with Crippen LogP contribution in [0.2, 0.25) is 0 Å². The summed E-state index contributed by atoms with van der Waals surface area (Å²) in [6.45, 7) is 2.76. The smallest absolute Gasteiger partial charge is 0.135 e. The minimum absolute atomic E-state index is 0.695. The SMILES string of the molecule is CCCOc1cc(SCl)ccc1SCl. The summed E-state index contributed by atoms with van der Waals surface area (Å²) in [4.78, 5) is 1.89. The number of hydrogen-bond donors (Lipinski definition) is 0. The first kappa shape index (κ1) is 12.4. The largest absolute Gasteiger partial charge is 0.492 e. The Bertz CT molecular complexity index is 294. The second-order valence-corrected chi connectivity index (χ2v) is 4.76. The Kier molecular flexibility index (Phi) is 5.94. The van der Waals surface area contributed by atoms with E-state index in [1.54, 1.807) is 0 Å². The fourth-order valence-corrected chi connectivity index (χ4v) is 2.18. The average Bonchev–Trinajstić information content (AvgIpc) is 2.25. The van der Waals surface area contributed by atoms with Crippen molar-refractivity contribution in [1.29, 1.82) is 0 Å². The highest BCUT2D eigenvalue weighted by Gasteiger charge is 2.05. The van der Waals surface area contributed by atoms with E-state index < -0.39 is 0 Å². The lowest BCUT2D eigenvalue weighted by Crippen LogP contribution is -1.96. The number of ether oxygens (including phenoxy) is 1. The van der Waals surface area contributed by atoms with Gasteiger partial charge in [0.05, 0.1) is 11.5 Å². The summed E-state index contributed by atoms with van der Waals surface area (Å²) in [7, 11) is 13.7. The van der Waals surface area contributed by atoms with Gasteiger partial charge >= 0.3 is 0 Å². The van der Waals surface area contributed by atoms with Crippen molar-refractivity contribution in [2.45, 2.75) is 23.1 Å². The highest BCUT2D eigenvalue weighted by Crippen LogP contribution is 2.36. The second-order valence-electron chi connectivity index (χ2n) is 2.61. The van der Waals surface area contributed by atoms with Gasteiger partial charge in [-0.2, -0.15) is 0 Å². The highest BCUT2D eigenvalue weighted by atomic mass is 35.7. The first-order chi connectivity index (χ1) is 6.81. The van der Waals surface area contributed by atoms with E-state index in [0.717, 1.165) is 32.9 Å². The Morgan fingerprint density at radius 3 is 2.64 bits per heavy atom. The molecule has 1 rings (SSSR count). The molecule has 0 fully saturated rings. The van der Waals surface area contributed by atoms with Crippen LogP contribution in [0.4, 0.5) is 0 Å². The molecular weight excluding hydrogens is 259 g/mol. The van der Waals surface area contributed by atoms with Crippen LogP contribution in [0.3, 0.4) is 0 Å². The molecule has 0 amide bonds. The molecule has 1 aromatic carbocycles. The summed E-state index contributed by atoms with van der Waals surface area (Å²) in [5.41, 5.74) is 0. The maximum Gasteiger partial charge on any atom is 0.135 e. The predicted molar refractivity (Wildman–Crippen MR) is 65.6 cm³/mol. The molecule has 0 aliphatic rings. The maximum absolute atomic E-state index is 5.70. The van der Waals surface area contributed by atoms with Crippen LogP contribution >= 0.6 is 43.3 Å². The van der Waals surface area contributed by atoms with Gasteiger partial charge in [-0.3, -0.25) is 0 Å². The molecule has 0 spiro atoms. The van der Waals surface area contributed by atoms with Gasteiger partial charge in [0.15, 0.2) is 0 Å². The Morgan fingerprint density at radius 2 is 2.07 bits per heavy atom. The van der Waals surface area contributed by atoms with E-state index in [0.29, 0.717) is 6.61 Å². The van der Waals surface area contributed by atoms with Crippen LogP contribution in [0.1, 0.15) is 13.3 Å². The maximum atomic E-state index is 5.70. The van der Waals surface area contributed by atoms with Gasteiger partial charge < -0.3 is 4.74 Å². The van der Waals surface area contributed by atoms with E-state index in [-0.39, 0.29) is 0 Å². The Labute approximate surface area is 102 Å². The highest BCUT2D eigenvalue weighted by molar-refractivity contribution is 8.21. The lowest BCUT2D eigenvalue weighted by molar-refractivity contribution is 0.309. The number of benzene rings is 1. The number of halogens is 2. The van der Waals surface area contributed by atoms with Crippen molar-refractivity contribution < 1.29 is 4.74 Å². The van der Waals surface area contributed by atoms with Gasteiger partial charge in [-0.15, -0.1) is 0 Å². The fourth-order valence-electron chi connectivity index (χ4n) is 0.925. The van der Waals surface area contributed by atoms with Crippen LogP contribution in [-0.2, 0) is 0 Å². The summed E-state index contributed by atoms with van der Waals surface area (Å²) in [5.74, 6) is 0.803. The average molecular weight is 269 g/mol. The third kappa shape index (κ3) is 3.46. The molecule has 0 unspecified atom stereocenters. The Balaban J connectivity index is 2.84. The van der Waals surface area contributed by atoms with E-state index in [9.17, 15) is 0 Å². The Hall–Kier alpha value is 0.300. The molecule has 0 bridgehead atoms. The Morgan fingerprint density at radius 1 is 1.29 bits per heavy atom. The number of hydrogen-bond acceptors (Lipinski definition) is 3. The standard InChI is InChI=1S/C9H10Cl2OS2/c1-2-5-12-8-6-7(13-10)3-4-9(8)14-11/h3-4,6H,2,5H2,1H3.